The molecule has 6 aromatic carbocycles. The smallest absolute Gasteiger partial charge is 0.100 e. The number of rotatable bonds is 6. The summed E-state index contributed by atoms with van der Waals surface area (Å²) in [6, 6.07) is 88.8. The van der Waals surface area contributed by atoms with Crippen LogP contribution in [0.3, 0.4) is 0 Å². The maximum absolute atomic E-state index is 4.14. The van der Waals surface area contributed by atoms with Crippen LogP contribution in [0.4, 0.5) is 0 Å². The van der Waals surface area contributed by atoms with E-state index >= 15 is 0 Å². The highest BCUT2D eigenvalue weighted by Gasteiger charge is 2.46. The molecule has 0 aliphatic carbocycles. The summed E-state index contributed by atoms with van der Waals surface area (Å²) in [5, 5.41) is 4.08. The Morgan fingerprint density at radius 3 is 0.896 bits per heavy atom. The van der Waals surface area contributed by atoms with Gasteiger partial charge in [-0.1, -0.05) is 202 Å². The number of aromatic nitrogens is 5. The first-order chi connectivity index (χ1) is 37.6. The van der Waals surface area contributed by atoms with Crippen molar-refractivity contribution in [2.45, 2.75) is 61.2 Å². The van der Waals surface area contributed by atoms with Crippen LogP contribution in [0.25, 0.3) is 0 Å². The Morgan fingerprint density at radius 1 is 0.273 bits per heavy atom. The van der Waals surface area contributed by atoms with Crippen molar-refractivity contribution in [3.8, 4) is 0 Å². The molecular formula is C71H64N6. The highest BCUT2D eigenvalue weighted by atomic mass is 14.9. The second-order valence-electron chi connectivity index (χ2n) is 22.2. The molecule has 3 aliphatic rings. The summed E-state index contributed by atoms with van der Waals surface area (Å²) in [6.45, 7) is 10.0. The van der Waals surface area contributed by atoms with Crippen LogP contribution < -0.4 is 5.32 Å². The van der Waals surface area contributed by atoms with E-state index in [4.69, 9.17) is 0 Å². The molecule has 0 unspecified atom stereocenters. The largest absolute Gasteiger partial charge is 0.383 e. The van der Waals surface area contributed by atoms with E-state index in [9.17, 15) is 0 Å². The third kappa shape index (κ3) is 7.52. The summed E-state index contributed by atoms with van der Waals surface area (Å²) in [4.78, 5) is 20.5. The van der Waals surface area contributed by atoms with Crippen LogP contribution in [0.1, 0.15) is 118 Å². The highest BCUT2D eigenvalue weighted by molar-refractivity contribution is 5.62. The first-order valence-electron chi connectivity index (χ1n) is 27.1. The lowest BCUT2D eigenvalue weighted by molar-refractivity contribution is 0.547. The van der Waals surface area contributed by atoms with Crippen LogP contribution >= 0.6 is 0 Å². The molecule has 14 rings (SSSR count). The Bertz CT molecular complexity index is 3760. The molecule has 6 N–H and O–H groups in total. The maximum atomic E-state index is 4.14. The van der Waals surface area contributed by atoms with Crippen molar-refractivity contribution in [2.24, 2.45) is 0 Å². The minimum Gasteiger partial charge on any atom is -0.383 e. The van der Waals surface area contributed by atoms with Crippen LogP contribution in [0.5, 0.6) is 0 Å². The van der Waals surface area contributed by atoms with E-state index in [0.29, 0.717) is 13.0 Å². The number of hydrogen-bond donors (Lipinski definition) is 6. The van der Waals surface area contributed by atoms with Crippen LogP contribution in [-0.2, 0) is 33.5 Å². The summed E-state index contributed by atoms with van der Waals surface area (Å²) in [5.41, 5.74) is 17.4. The lowest BCUT2D eigenvalue weighted by Crippen LogP contribution is -2.42. The molecule has 5 aromatic heterocycles. The summed E-state index contributed by atoms with van der Waals surface area (Å²) < 4.78 is 0. The normalized spacial score (nSPS) is 17.0. The molecule has 11 aromatic rings. The van der Waals surface area contributed by atoms with Crippen LogP contribution in [-0.4, -0.2) is 31.5 Å². The number of benzene rings is 6. The van der Waals surface area contributed by atoms with Crippen molar-refractivity contribution < 1.29 is 0 Å². The van der Waals surface area contributed by atoms with Crippen molar-refractivity contribution in [3.05, 3.63) is 356 Å². The number of fused-ring (bicyclic) bond motifs is 2. The average Bonchev–Trinajstić information content (AvgIpc) is 4.54. The lowest BCUT2D eigenvalue weighted by atomic mass is 9.68. The first-order valence-corrected chi connectivity index (χ1v) is 27.1. The molecule has 0 saturated heterocycles. The van der Waals surface area contributed by atoms with Gasteiger partial charge in [-0.3, -0.25) is 0 Å². The van der Waals surface area contributed by atoms with Crippen molar-refractivity contribution in [1.29, 1.82) is 0 Å². The van der Waals surface area contributed by atoms with E-state index in [1.54, 1.807) is 0 Å². The molecule has 0 spiro atoms. The fourth-order valence-corrected chi connectivity index (χ4v) is 13.1. The van der Waals surface area contributed by atoms with Crippen molar-refractivity contribution in [3.63, 3.8) is 0 Å². The Hall–Kier alpha value is -9.00. The monoisotopic (exact) mass is 1000 g/mol. The summed E-state index contributed by atoms with van der Waals surface area (Å²) in [5.74, 6) is 0. The van der Waals surface area contributed by atoms with Gasteiger partial charge in [0.25, 0.3) is 0 Å². The second kappa shape index (κ2) is 18.7. The Morgan fingerprint density at radius 2 is 0.558 bits per heavy atom. The molecule has 6 heteroatoms. The maximum Gasteiger partial charge on any atom is 0.100 e. The molecule has 378 valence electrons. The van der Waals surface area contributed by atoms with Crippen molar-refractivity contribution in [2.75, 3.05) is 6.54 Å². The molecule has 12 bridgehead atoms. The van der Waals surface area contributed by atoms with Crippen LogP contribution in [0, 0.1) is 0 Å². The Labute approximate surface area is 452 Å². The number of allylic oxidation sites excluding steroid dienone is 3. The predicted octanol–water partition coefficient (Wildman–Crippen LogP) is 15.0. The molecule has 0 atom stereocenters. The molecule has 6 nitrogen and oxygen atoms in total. The molecule has 0 saturated carbocycles. The van der Waals surface area contributed by atoms with Crippen molar-refractivity contribution in [1.82, 2.24) is 30.2 Å². The first kappa shape index (κ1) is 47.7. The minimum atomic E-state index is -0.731. The van der Waals surface area contributed by atoms with Crippen LogP contribution in [0.15, 0.2) is 266 Å². The van der Waals surface area contributed by atoms with Gasteiger partial charge in [0.15, 0.2) is 0 Å². The third-order valence-electron chi connectivity index (χ3n) is 17.3. The van der Waals surface area contributed by atoms with Gasteiger partial charge >= 0.3 is 0 Å². The van der Waals surface area contributed by atoms with Crippen molar-refractivity contribution >= 4 is 0 Å². The molecule has 8 heterocycles. The fraction of sp³-hybridized carbons (Fsp3) is 0.155. The minimum absolute atomic E-state index is 0.377. The van der Waals surface area contributed by atoms with E-state index in [1.807, 2.05) is 0 Å². The van der Waals surface area contributed by atoms with Gasteiger partial charge < -0.3 is 30.2 Å². The average molecular weight is 1000 g/mol. The number of H-pyrrole nitrogens is 5. The lowest BCUT2D eigenvalue weighted by Gasteiger charge is -2.40. The SMILES string of the molecule is CC1(C)C2=CC=C(NC2)C(c2ccccc2)(c2ccccc2)c2ccc([nH]2)Cc2ccc([nH]2)C(c2ccccc2)(c2ccccc2)c2ccc([nH]2)C(C)(C)c2ccc([nH]2)C(c2ccccc2)(c2ccccc2)c2ccc1[nH]2. The molecule has 0 radical (unpaired) electrons. The summed E-state index contributed by atoms with van der Waals surface area (Å²) in [6.07, 6.45) is 5.38. The van der Waals surface area contributed by atoms with E-state index < -0.39 is 21.7 Å². The van der Waals surface area contributed by atoms with E-state index in [2.05, 4.69) is 313 Å². The fourth-order valence-electron chi connectivity index (χ4n) is 13.1. The summed E-state index contributed by atoms with van der Waals surface area (Å²) in [7, 11) is 0. The van der Waals surface area contributed by atoms with E-state index in [0.717, 1.165) is 73.8 Å². The molecule has 0 fully saturated rings. The van der Waals surface area contributed by atoms with Gasteiger partial charge in [-0.2, -0.15) is 0 Å². The van der Waals surface area contributed by atoms with Gasteiger partial charge in [0.1, 0.15) is 10.8 Å². The van der Waals surface area contributed by atoms with Gasteiger partial charge in [-0.15, -0.1) is 0 Å². The Balaban J connectivity index is 1.08. The van der Waals surface area contributed by atoms with E-state index in [1.165, 1.54) is 27.8 Å². The van der Waals surface area contributed by atoms with E-state index in [-0.39, 0.29) is 5.41 Å². The molecule has 0 amide bonds. The molecule has 77 heavy (non-hydrogen) atoms. The zero-order valence-electron chi connectivity index (χ0n) is 44.2. The third-order valence-corrected chi connectivity index (χ3v) is 17.3. The zero-order chi connectivity index (χ0) is 52.2. The number of nitrogens with one attached hydrogen (secondary N) is 6. The van der Waals surface area contributed by atoms with Gasteiger partial charge in [-0.05, 0) is 120 Å². The van der Waals surface area contributed by atoms with Crippen LogP contribution in [0.2, 0.25) is 0 Å². The standard InChI is InChI=1S/C71H64N6/c1-67(2)55-35-38-61(72-48-55)69(49-23-11-5-12-24-49,50-25-13-6-14-26-50)62-39-36-56(73-62)47-57-37-40-63(74-57)70(51-27-15-7-16-28-51,52-29-17-8-18-30-52)64-45-42-59(76-64)68(3,4)60-43-46-66(77-60)71(53-31-19-9-20-32-53,54-33-21-10-22-34-54)65-44-41-58(67)75-65/h5-46,72-77H,47-48H2,1-4H3. The topological polar surface area (TPSA) is 91.0 Å². The van der Waals surface area contributed by atoms with Gasteiger partial charge in [0.05, 0.1) is 5.41 Å². The zero-order valence-corrected chi connectivity index (χ0v) is 44.2. The summed E-state index contributed by atoms with van der Waals surface area (Å²) >= 11 is 0. The quantitative estimate of drug-likeness (QED) is 0.0984. The van der Waals surface area contributed by atoms with Gasteiger partial charge in [-0.25, -0.2) is 0 Å². The molecule has 3 aliphatic heterocycles. The number of aromatic amines is 5. The van der Waals surface area contributed by atoms with Gasteiger partial charge in [0, 0.05) is 86.4 Å². The van der Waals surface area contributed by atoms with Gasteiger partial charge in [0.2, 0.25) is 0 Å². The molecular weight excluding hydrogens is 937 g/mol. The highest BCUT2D eigenvalue weighted by Crippen LogP contribution is 2.50. The second-order valence-corrected chi connectivity index (χ2v) is 22.2. The Kier molecular flexibility index (Phi) is 11.6. The number of dihydropyridines is 1. The predicted molar refractivity (Wildman–Crippen MR) is 313 cm³/mol. The number of hydrogen-bond acceptors (Lipinski definition) is 1.